The number of H-pyrrole nitrogens is 1. The van der Waals surface area contributed by atoms with Gasteiger partial charge in [-0.15, -0.1) is 0 Å². The summed E-state index contributed by atoms with van der Waals surface area (Å²) in [5.41, 5.74) is 11.3. The minimum Gasteiger partial charge on any atom is -0.286 e. The Kier molecular flexibility index (Phi) is 4.44. The van der Waals surface area contributed by atoms with Gasteiger partial charge in [-0.2, -0.15) is 5.26 Å². The lowest BCUT2D eigenvalue weighted by molar-refractivity contribution is -0.374. The molecule has 2 aromatic rings. The van der Waals surface area contributed by atoms with Gasteiger partial charge in [-0.1, -0.05) is 40.9 Å². The Bertz CT molecular complexity index is 729. The van der Waals surface area contributed by atoms with Crippen LogP contribution < -0.4 is 10.7 Å². The van der Waals surface area contributed by atoms with Gasteiger partial charge in [0.2, 0.25) is 0 Å². The van der Waals surface area contributed by atoms with Crippen molar-refractivity contribution < 1.29 is 4.98 Å². The number of aromatic nitrogens is 1. The van der Waals surface area contributed by atoms with Crippen LogP contribution in [0.2, 0.25) is 0 Å². The molecule has 3 nitrogen and oxygen atoms in total. The monoisotopic (exact) mass is 356 g/mol. The first-order chi connectivity index (χ1) is 10.7. The Morgan fingerprint density at radius 1 is 1.05 bits per heavy atom. The quantitative estimate of drug-likeness (QED) is 0.837. The standard InChI is InChI=1S/C18H18BrN3/c19-13-9-7-12(8-10-13)17-14-5-3-1-2-4-6-16(14)22-18(21)15(17)11-20/h7-10H,1-6H2,(H2,21,22)/p+1. The zero-order valence-corrected chi connectivity index (χ0v) is 14.0. The molecule has 0 saturated carbocycles. The van der Waals surface area contributed by atoms with Crippen LogP contribution in [0, 0.1) is 11.3 Å². The normalized spacial score (nSPS) is 14.5. The third-order valence-electron chi connectivity index (χ3n) is 4.32. The van der Waals surface area contributed by atoms with Crippen LogP contribution in [-0.4, -0.2) is 0 Å². The maximum Gasteiger partial charge on any atom is 0.289 e. The van der Waals surface area contributed by atoms with E-state index in [1.165, 1.54) is 36.9 Å². The van der Waals surface area contributed by atoms with Gasteiger partial charge in [-0.05, 0) is 37.0 Å². The van der Waals surface area contributed by atoms with Crippen molar-refractivity contribution in [3.63, 3.8) is 0 Å². The number of pyridine rings is 1. The fourth-order valence-corrected chi connectivity index (χ4v) is 3.50. The van der Waals surface area contributed by atoms with Crippen molar-refractivity contribution >= 4 is 21.7 Å². The smallest absolute Gasteiger partial charge is 0.286 e. The average molecular weight is 357 g/mol. The van der Waals surface area contributed by atoms with Crippen LogP contribution in [0.5, 0.6) is 0 Å². The third kappa shape index (κ3) is 2.86. The zero-order valence-electron chi connectivity index (χ0n) is 12.5. The largest absolute Gasteiger partial charge is 0.289 e. The van der Waals surface area contributed by atoms with Crippen LogP contribution in [0.15, 0.2) is 28.7 Å². The molecule has 1 heterocycles. The number of nitrogen functional groups attached to an aromatic ring is 1. The van der Waals surface area contributed by atoms with Crippen molar-refractivity contribution in [2.24, 2.45) is 0 Å². The first kappa shape index (κ1) is 15.1. The molecule has 1 aliphatic carbocycles. The summed E-state index contributed by atoms with van der Waals surface area (Å²) >= 11 is 3.47. The lowest BCUT2D eigenvalue weighted by Crippen LogP contribution is -2.23. The molecule has 0 unspecified atom stereocenters. The van der Waals surface area contributed by atoms with E-state index in [-0.39, 0.29) is 0 Å². The Morgan fingerprint density at radius 3 is 2.41 bits per heavy atom. The van der Waals surface area contributed by atoms with Gasteiger partial charge in [0.25, 0.3) is 5.82 Å². The van der Waals surface area contributed by atoms with E-state index in [1.807, 2.05) is 12.1 Å². The maximum absolute atomic E-state index is 9.58. The fraction of sp³-hybridized carbons (Fsp3) is 0.333. The number of fused-ring (bicyclic) bond motifs is 1. The highest BCUT2D eigenvalue weighted by Crippen LogP contribution is 2.33. The predicted octanol–water partition coefficient (Wildman–Crippen LogP) is 4.04. The first-order valence-corrected chi connectivity index (χ1v) is 8.52. The SMILES string of the molecule is N#Cc1c(N)[nH+]c2c(c1-c1ccc(Br)cc1)CCCCCC2. The van der Waals surface area contributed by atoms with Gasteiger partial charge < -0.3 is 0 Å². The molecule has 1 aliphatic rings. The highest BCUT2D eigenvalue weighted by molar-refractivity contribution is 9.10. The van der Waals surface area contributed by atoms with Crippen molar-refractivity contribution in [2.75, 3.05) is 5.73 Å². The number of hydrogen-bond acceptors (Lipinski definition) is 2. The number of benzene rings is 1. The second-order valence-electron chi connectivity index (χ2n) is 5.78. The van der Waals surface area contributed by atoms with Crippen LogP contribution >= 0.6 is 15.9 Å². The lowest BCUT2D eigenvalue weighted by atomic mass is 9.88. The molecule has 0 saturated heterocycles. The molecule has 1 aromatic heterocycles. The van der Waals surface area contributed by atoms with E-state index in [0.29, 0.717) is 11.4 Å². The van der Waals surface area contributed by atoms with E-state index in [2.05, 4.69) is 39.1 Å². The molecular formula is C18H19BrN3+. The lowest BCUT2D eigenvalue weighted by Gasteiger charge is -2.17. The number of nitriles is 1. The second kappa shape index (κ2) is 6.50. The van der Waals surface area contributed by atoms with Crippen LogP contribution in [-0.2, 0) is 12.8 Å². The van der Waals surface area contributed by atoms with Crippen LogP contribution in [0.25, 0.3) is 11.1 Å². The van der Waals surface area contributed by atoms with Gasteiger partial charge in [0.1, 0.15) is 17.3 Å². The van der Waals surface area contributed by atoms with Gasteiger partial charge in [0.15, 0.2) is 0 Å². The Balaban J connectivity index is 2.25. The molecule has 0 atom stereocenters. The summed E-state index contributed by atoms with van der Waals surface area (Å²) in [6, 6.07) is 10.4. The van der Waals surface area contributed by atoms with Gasteiger partial charge in [-0.3, -0.25) is 5.73 Å². The second-order valence-corrected chi connectivity index (χ2v) is 6.69. The molecule has 4 heteroatoms. The number of nitrogens with two attached hydrogens (primary N) is 1. The molecule has 3 N–H and O–H groups in total. The van der Waals surface area contributed by atoms with Crippen molar-refractivity contribution in [1.82, 2.24) is 0 Å². The van der Waals surface area contributed by atoms with Crippen molar-refractivity contribution in [1.29, 1.82) is 5.26 Å². The summed E-state index contributed by atoms with van der Waals surface area (Å²) in [6.07, 6.45) is 6.88. The summed E-state index contributed by atoms with van der Waals surface area (Å²) in [4.78, 5) is 3.28. The Hall–Kier alpha value is -1.86. The van der Waals surface area contributed by atoms with Crippen molar-refractivity contribution in [3.05, 3.63) is 45.6 Å². The molecule has 0 spiro atoms. The summed E-state index contributed by atoms with van der Waals surface area (Å²) in [5, 5.41) is 9.58. The van der Waals surface area contributed by atoms with Crippen molar-refractivity contribution in [3.8, 4) is 17.2 Å². The van der Waals surface area contributed by atoms with Gasteiger partial charge >= 0.3 is 0 Å². The van der Waals surface area contributed by atoms with E-state index < -0.39 is 0 Å². The zero-order chi connectivity index (χ0) is 15.5. The summed E-state index contributed by atoms with van der Waals surface area (Å²) in [7, 11) is 0. The number of aryl methyl sites for hydroxylation is 1. The van der Waals surface area contributed by atoms with Crippen molar-refractivity contribution in [2.45, 2.75) is 38.5 Å². The third-order valence-corrected chi connectivity index (χ3v) is 4.85. The van der Waals surface area contributed by atoms with Gasteiger partial charge in [0.05, 0.1) is 0 Å². The molecule has 0 amide bonds. The average Bonchev–Trinajstić information content (AvgIpc) is 2.49. The maximum atomic E-state index is 9.58. The molecule has 0 aliphatic heterocycles. The van der Waals surface area contributed by atoms with Crippen LogP contribution in [0.4, 0.5) is 5.82 Å². The number of nitrogens with zero attached hydrogens (tertiary/aromatic N) is 1. The van der Waals surface area contributed by atoms with E-state index >= 15 is 0 Å². The molecule has 3 rings (SSSR count). The van der Waals surface area contributed by atoms with E-state index in [9.17, 15) is 5.26 Å². The minimum absolute atomic E-state index is 0.486. The molecule has 0 fully saturated rings. The van der Waals surface area contributed by atoms with E-state index in [1.54, 1.807) is 0 Å². The van der Waals surface area contributed by atoms with E-state index in [4.69, 9.17) is 5.73 Å². The first-order valence-electron chi connectivity index (χ1n) is 7.73. The number of anilines is 1. The number of rotatable bonds is 1. The number of aromatic amines is 1. The summed E-state index contributed by atoms with van der Waals surface area (Å²) in [5.74, 6) is 0.486. The predicted molar refractivity (Wildman–Crippen MR) is 91.1 cm³/mol. The number of hydrogen-bond donors (Lipinski definition) is 1. The number of halogens is 1. The highest BCUT2D eigenvalue weighted by Gasteiger charge is 2.23. The highest BCUT2D eigenvalue weighted by atomic mass is 79.9. The van der Waals surface area contributed by atoms with Gasteiger partial charge in [0, 0.05) is 22.0 Å². The fourth-order valence-electron chi connectivity index (χ4n) is 3.23. The molecular weight excluding hydrogens is 338 g/mol. The Morgan fingerprint density at radius 2 is 1.73 bits per heavy atom. The molecule has 0 bridgehead atoms. The molecule has 0 radical (unpaired) electrons. The molecule has 22 heavy (non-hydrogen) atoms. The topological polar surface area (TPSA) is 64.0 Å². The van der Waals surface area contributed by atoms with Crippen LogP contribution in [0.1, 0.15) is 42.5 Å². The molecule has 1 aromatic carbocycles. The Labute approximate surface area is 139 Å². The van der Waals surface area contributed by atoms with Gasteiger partial charge in [-0.25, -0.2) is 4.98 Å². The van der Waals surface area contributed by atoms with E-state index in [0.717, 1.165) is 28.4 Å². The molecule has 112 valence electrons. The summed E-state index contributed by atoms with van der Waals surface area (Å²) in [6.45, 7) is 0. The minimum atomic E-state index is 0.486. The summed E-state index contributed by atoms with van der Waals surface area (Å²) < 4.78 is 1.04. The number of nitrogens with one attached hydrogen (secondary N) is 1. The van der Waals surface area contributed by atoms with Crippen LogP contribution in [0.3, 0.4) is 0 Å².